The van der Waals surface area contributed by atoms with E-state index in [-0.39, 0.29) is 6.10 Å². The van der Waals surface area contributed by atoms with E-state index >= 15 is 0 Å². The molecular weight excluding hydrogens is 212 g/mol. The Morgan fingerprint density at radius 2 is 2.18 bits per heavy atom. The number of aliphatic hydroxyl groups excluding tert-OH is 1. The molecular formula is C14H26N2O. The standard InChI is InChI=1S/C14H26N2O/c1-13(17)12-14-8-4-2-6-10-16(14)11-7-3-5-9-15/h13-14,17H,2-8,10-12H2,1H3. The fourth-order valence-electron chi connectivity index (χ4n) is 2.71. The Hall–Kier alpha value is -0.590. The van der Waals surface area contributed by atoms with E-state index in [0.29, 0.717) is 12.5 Å². The third-order valence-electron chi connectivity index (χ3n) is 3.60. The first-order valence-corrected chi connectivity index (χ1v) is 7.03. The van der Waals surface area contributed by atoms with Crippen molar-refractivity contribution in [2.45, 2.75) is 70.4 Å². The van der Waals surface area contributed by atoms with E-state index in [4.69, 9.17) is 5.26 Å². The summed E-state index contributed by atoms with van der Waals surface area (Å²) >= 11 is 0. The van der Waals surface area contributed by atoms with Crippen molar-refractivity contribution in [1.82, 2.24) is 4.90 Å². The molecule has 0 amide bonds. The third kappa shape index (κ3) is 6.05. The van der Waals surface area contributed by atoms with Gasteiger partial charge >= 0.3 is 0 Å². The van der Waals surface area contributed by atoms with Gasteiger partial charge < -0.3 is 10.0 Å². The Labute approximate surface area is 105 Å². The lowest BCUT2D eigenvalue weighted by Gasteiger charge is -2.30. The van der Waals surface area contributed by atoms with Gasteiger partial charge in [0, 0.05) is 12.5 Å². The second-order valence-corrected chi connectivity index (χ2v) is 5.24. The van der Waals surface area contributed by atoms with Gasteiger partial charge in [-0.3, -0.25) is 0 Å². The highest BCUT2D eigenvalue weighted by Gasteiger charge is 2.21. The van der Waals surface area contributed by atoms with Gasteiger partial charge in [-0.05, 0) is 52.1 Å². The summed E-state index contributed by atoms with van der Waals surface area (Å²) in [6, 6.07) is 2.76. The summed E-state index contributed by atoms with van der Waals surface area (Å²) in [6.45, 7) is 4.15. The molecule has 0 bridgehead atoms. The van der Waals surface area contributed by atoms with E-state index < -0.39 is 0 Å². The van der Waals surface area contributed by atoms with Gasteiger partial charge in [-0.2, -0.15) is 5.26 Å². The van der Waals surface area contributed by atoms with Gasteiger partial charge in [0.25, 0.3) is 0 Å². The van der Waals surface area contributed by atoms with Crippen LogP contribution in [0.15, 0.2) is 0 Å². The molecule has 0 aromatic carbocycles. The van der Waals surface area contributed by atoms with E-state index in [1.165, 1.54) is 32.2 Å². The molecule has 1 saturated heterocycles. The average Bonchev–Trinajstić information content (AvgIpc) is 2.50. The number of unbranched alkanes of at least 4 members (excludes halogenated alkanes) is 2. The van der Waals surface area contributed by atoms with Crippen LogP contribution in [0.25, 0.3) is 0 Å². The SMILES string of the molecule is CC(O)CC1CCCCCN1CCCCC#N. The Bertz CT molecular complexity index is 235. The number of rotatable bonds is 6. The van der Waals surface area contributed by atoms with Gasteiger partial charge in [-0.1, -0.05) is 12.8 Å². The summed E-state index contributed by atoms with van der Waals surface area (Å²) in [5.41, 5.74) is 0. The molecule has 3 heteroatoms. The van der Waals surface area contributed by atoms with Crippen LogP contribution < -0.4 is 0 Å². The van der Waals surface area contributed by atoms with Crippen LogP contribution in [0, 0.1) is 11.3 Å². The van der Waals surface area contributed by atoms with Crippen molar-refractivity contribution in [3.63, 3.8) is 0 Å². The van der Waals surface area contributed by atoms with Gasteiger partial charge in [0.2, 0.25) is 0 Å². The molecule has 1 N–H and O–H groups in total. The number of likely N-dealkylation sites (tertiary alicyclic amines) is 1. The summed E-state index contributed by atoms with van der Waals surface area (Å²) in [4.78, 5) is 2.54. The van der Waals surface area contributed by atoms with Crippen LogP contribution >= 0.6 is 0 Å². The quantitative estimate of drug-likeness (QED) is 0.724. The summed E-state index contributed by atoms with van der Waals surface area (Å²) in [5.74, 6) is 0. The first-order valence-electron chi connectivity index (χ1n) is 7.03. The zero-order valence-corrected chi connectivity index (χ0v) is 11.1. The molecule has 0 aromatic heterocycles. The van der Waals surface area contributed by atoms with Gasteiger partial charge in [0.15, 0.2) is 0 Å². The van der Waals surface area contributed by atoms with Crippen molar-refractivity contribution in [1.29, 1.82) is 5.26 Å². The maximum Gasteiger partial charge on any atom is 0.0621 e. The van der Waals surface area contributed by atoms with Crippen LogP contribution in [0.5, 0.6) is 0 Å². The largest absolute Gasteiger partial charge is 0.393 e. The van der Waals surface area contributed by atoms with Crippen molar-refractivity contribution < 1.29 is 5.11 Å². The molecule has 0 aliphatic carbocycles. The van der Waals surface area contributed by atoms with Gasteiger partial charge in [0.1, 0.15) is 0 Å². The predicted molar refractivity (Wildman–Crippen MR) is 69.6 cm³/mol. The first-order chi connectivity index (χ1) is 8.24. The van der Waals surface area contributed by atoms with Gasteiger partial charge in [-0.15, -0.1) is 0 Å². The molecule has 1 heterocycles. The second-order valence-electron chi connectivity index (χ2n) is 5.24. The lowest BCUT2D eigenvalue weighted by molar-refractivity contribution is 0.111. The number of nitrogens with zero attached hydrogens (tertiary/aromatic N) is 2. The van der Waals surface area contributed by atoms with E-state index in [0.717, 1.165) is 25.8 Å². The highest BCUT2D eigenvalue weighted by Crippen LogP contribution is 2.21. The maximum atomic E-state index is 9.55. The predicted octanol–water partition coefficient (Wildman–Crippen LogP) is 2.70. The highest BCUT2D eigenvalue weighted by atomic mass is 16.3. The number of nitriles is 1. The van der Waals surface area contributed by atoms with Crippen molar-refractivity contribution in [3.05, 3.63) is 0 Å². The summed E-state index contributed by atoms with van der Waals surface area (Å²) in [7, 11) is 0. The van der Waals surface area contributed by atoms with Crippen LogP contribution in [0.1, 0.15) is 58.3 Å². The monoisotopic (exact) mass is 238 g/mol. The second kappa shape index (κ2) is 8.49. The normalized spacial score (nSPS) is 23.9. The lowest BCUT2D eigenvalue weighted by Crippen LogP contribution is -2.37. The minimum absolute atomic E-state index is 0.195. The minimum atomic E-state index is -0.195. The van der Waals surface area contributed by atoms with Crippen LogP contribution in [0.3, 0.4) is 0 Å². The topological polar surface area (TPSA) is 47.3 Å². The highest BCUT2D eigenvalue weighted by molar-refractivity contribution is 4.77. The molecule has 0 saturated carbocycles. The smallest absolute Gasteiger partial charge is 0.0621 e. The molecule has 1 aliphatic rings. The zero-order valence-electron chi connectivity index (χ0n) is 11.1. The zero-order chi connectivity index (χ0) is 12.5. The Balaban J connectivity index is 2.36. The van der Waals surface area contributed by atoms with E-state index in [1.807, 2.05) is 6.92 Å². The van der Waals surface area contributed by atoms with Gasteiger partial charge in [-0.25, -0.2) is 0 Å². The third-order valence-corrected chi connectivity index (χ3v) is 3.60. The van der Waals surface area contributed by atoms with Crippen LogP contribution in [-0.4, -0.2) is 35.2 Å². The van der Waals surface area contributed by atoms with E-state index in [1.54, 1.807) is 0 Å². The molecule has 2 unspecified atom stereocenters. The molecule has 1 fully saturated rings. The van der Waals surface area contributed by atoms with Gasteiger partial charge in [0.05, 0.1) is 12.2 Å². The molecule has 17 heavy (non-hydrogen) atoms. The lowest BCUT2D eigenvalue weighted by atomic mass is 10.0. The fourth-order valence-corrected chi connectivity index (χ4v) is 2.71. The molecule has 2 atom stereocenters. The Morgan fingerprint density at radius 3 is 2.88 bits per heavy atom. The summed E-state index contributed by atoms with van der Waals surface area (Å²) in [5, 5.41) is 18.1. The van der Waals surface area contributed by atoms with E-state index in [2.05, 4.69) is 11.0 Å². The van der Waals surface area contributed by atoms with E-state index in [9.17, 15) is 5.11 Å². The summed E-state index contributed by atoms with van der Waals surface area (Å²) in [6.07, 6.45) is 8.64. The van der Waals surface area contributed by atoms with Crippen molar-refractivity contribution in [3.8, 4) is 6.07 Å². The summed E-state index contributed by atoms with van der Waals surface area (Å²) < 4.78 is 0. The molecule has 0 radical (unpaired) electrons. The van der Waals surface area contributed by atoms with Crippen molar-refractivity contribution >= 4 is 0 Å². The average molecular weight is 238 g/mol. The fraction of sp³-hybridized carbons (Fsp3) is 0.929. The minimum Gasteiger partial charge on any atom is -0.393 e. The Kier molecular flexibility index (Phi) is 7.23. The number of aliphatic hydroxyl groups is 1. The maximum absolute atomic E-state index is 9.55. The first kappa shape index (κ1) is 14.5. The molecule has 0 spiro atoms. The Morgan fingerprint density at radius 1 is 1.35 bits per heavy atom. The molecule has 1 aliphatic heterocycles. The molecule has 1 rings (SSSR count). The van der Waals surface area contributed by atoms with Crippen LogP contribution in [0.2, 0.25) is 0 Å². The van der Waals surface area contributed by atoms with Crippen molar-refractivity contribution in [2.75, 3.05) is 13.1 Å². The molecule has 0 aromatic rings. The molecule has 98 valence electrons. The van der Waals surface area contributed by atoms with Crippen molar-refractivity contribution in [2.24, 2.45) is 0 Å². The van der Waals surface area contributed by atoms with Crippen LogP contribution in [-0.2, 0) is 0 Å². The molecule has 3 nitrogen and oxygen atoms in total. The number of hydrogen-bond donors (Lipinski definition) is 1. The van der Waals surface area contributed by atoms with Crippen LogP contribution in [0.4, 0.5) is 0 Å². The number of hydrogen-bond acceptors (Lipinski definition) is 3.